The highest BCUT2D eigenvalue weighted by Crippen LogP contribution is 2.31. The number of piperazine rings is 1. The lowest BCUT2D eigenvalue weighted by Gasteiger charge is -2.32. The van der Waals surface area contributed by atoms with Gasteiger partial charge in [0.25, 0.3) is 0 Å². The second kappa shape index (κ2) is 10.6. The Morgan fingerprint density at radius 2 is 1.83 bits per heavy atom. The molecular weight excluding hydrogens is 495 g/mol. The summed E-state index contributed by atoms with van der Waals surface area (Å²) in [5.74, 6) is 5.76. The number of sulfone groups is 1. The molecule has 12 heteroatoms. The number of urea groups is 1. The average molecular weight is 526 g/mol. The third-order valence-corrected chi connectivity index (χ3v) is 8.25. The highest BCUT2D eigenvalue weighted by molar-refractivity contribution is 7.91. The number of amides is 2. The number of nitrogens with zero attached hydrogens (tertiary/aromatic N) is 3. The van der Waals surface area contributed by atoms with Crippen LogP contribution in [0.2, 0.25) is 0 Å². The van der Waals surface area contributed by atoms with Crippen LogP contribution in [0.3, 0.4) is 0 Å². The molecule has 2 fully saturated rings. The van der Waals surface area contributed by atoms with E-state index in [9.17, 15) is 26.4 Å². The third-order valence-electron chi connectivity index (χ3n) is 6.53. The van der Waals surface area contributed by atoms with E-state index in [1.165, 1.54) is 0 Å². The number of likely N-dealkylation sites (N-methyl/N-ethyl adjacent to an activating group) is 1. The Hall–Kier alpha value is -2.91. The van der Waals surface area contributed by atoms with E-state index in [1.54, 1.807) is 29.2 Å². The third kappa shape index (κ3) is 6.64. The molecular formula is C24H30F3N5O3S. The lowest BCUT2D eigenvalue weighted by Crippen LogP contribution is -2.50. The van der Waals surface area contributed by atoms with Gasteiger partial charge in [-0.05, 0) is 44.0 Å². The lowest BCUT2D eigenvalue weighted by molar-refractivity contribution is -0.140. The van der Waals surface area contributed by atoms with Crippen LogP contribution in [0, 0.1) is 11.8 Å². The van der Waals surface area contributed by atoms with Gasteiger partial charge in [-0.25, -0.2) is 13.2 Å². The SMILES string of the molecule is CN1CCN(C(=O)NCC#Cc2cc3c(NC4CCS(=O)(=O)CC4)cccc3n2CC(F)(F)F)CC1. The van der Waals surface area contributed by atoms with Crippen molar-refractivity contribution in [3.63, 3.8) is 0 Å². The van der Waals surface area contributed by atoms with Crippen LogP contribution < -0.4 is 10.6 Å². The molecule has 4 rings (SSSR count). The van der Waals surface area contributed by atoms with E-state index in [0.29, 0.717) is 42.5 Å². The van der Waals surface area contributed by atoms with E-state index in [1.807, 2.05) is 7.05 Å². The first-order valence-electron chi connectivity index (χ1n) is 11.9. The Kier molecular flexibility index (Phi) is 7.70. The van der Waals surface area contributed by atoms with Crippen molar-refractivity contribution in [2.75, 3.05) is 56.6 Å². The molecule has 8 nitrogen and oxygen atoms in total. The summed E-state index contributed by atoms with van der Waals surface area (Å²) in [6.07, 6.45) is -3.55. The standard InChI is InChI=1S/C24H30F3N5O3S/c1-30-10-12-31(13-11-30)23(33)28-9-3-4-19-16-20-21(29-18-7-14-36(34,35)15-8-18)5-2-6-22(20)32(19)17-24(25,26)27/h2,5-6,16,18,29H,7-15,17H2,1H3,(H,28,33). The molecule has 2 aliphatic heterocycles. The van der Waals surface area contributed by atoms with E-state index in [4.69, 9.17) is 0 Å². The summed E-state index contributed by atoms with van der Waals surface area (Å²) in [4.78, 5) is 16.1. The minimum Gasteiger partial charge on any atom is -0.382 e. The molecule has 0 spiro atoms. The van der Waals surface area contributed by atoms with Crippen molar-refractivity contribution in [3.05, 3.63) is 30.0 Å². The van der Waals surface area contributed by atoms with Crippen molar-refractivity contribution in [3.8, 4) is 11.8 Å². The van der Waals surface area contributed by atoms with Crippen molar-refractivity contribution < 1.29 is 26.4 Å². The van der Waals surface area contributed by atoms with Crippen LogP contribution in [0.1, 0.15) is 18.5 Å². The first-order valence-corrected chi connectivity index (χ1v) is 13.7. The van der Waals surface area contributed by atoms with Gasteiger partial charge < -0.3 is 25.0 Å². The lowest BCUT2D eigenvalue weighted by atomic mass is 10.1. The maximum atomic E-state index is 13.4. The number of alkyl halides is 3. The second-order valence-corrected chi connectivity index (χ2v) is 11.6. The molecule has 2 N–H and O–H groups in total. The van der Waals surface area contributed by atoms with Crippen molar-refractivity contribution in [2.45, 2.75) is 31.6 Å². The highest BCUT2D eigenvalue weighted by Gasteiger charge is 2.30. The maximum Gasteiger partial charge on any atom is 0.406 e. The Labute approximate surface area is 208 Å². The van der Waals surface area contributed by atoms with Gasteiger partial charge in [0.15, 0.2) is 0 Å². The van der Waals surface area contributed by atoms with E-state index >= 15 is 0 Å². The molecule has 2 amide bonds. The zero-order valence-corrected chi connectivity index (χ0v) is 20.9. The van der Waals surface area contributed by atoms with E-state index in [-0.39, 0.29) is 35.8 Å². The molecule has 0 radical (unpaired) electrons. The van der Waals surface area contributed by atoms with Gasteiger partial charge in [0.2, 0.25) is 0 Å². The predicted octanol–water partition coefficient (Wildman–Crippen LogP) is 2.50. The number of aromatic nitrogens is 1. The Morgan fingerprint density at radius 1 is 1.14 bits per heavy atom. The monoisotopic (exact) mass is 525 g/mol. The first-order chi connectivity index (χ1) is 17.0. The number of fused-ring (bicyclic) bond motifs is 1. The zero-order chi connectivity index (χ0) is 25.9. The number of rotatable bonds is 4. The number of benzene rings is 1. The molecule has 1 aromatic carbocycles. The quantitative estimate of drug-likeness (QED) is 0.600. The Morgan fingerprint density at radius 3 is 2.50 bits per heavy atom. The zero-order valence-electron chi connectivity index (χ0n) is 20.1. The maximum absolute atomic E-state index is 13.4. The smallest absolute Gasteiger partial charge is 0.382 e. The van der Waals surface area contributed by atoms with Gasteiger partial charge in [0, 0.05) is 43.3 Å². The summed E-state index contributed by atoms with van der Waals surface area (Å²) in [7, 11) is -1.04. The molecule has 3 heterocycles. The normalized spacial score (nSPS) is 19.1. The molecule has 2 aromatic rings. The number of hydrogen-bond acceptors (Lipinski definition) is 5. The molecule has 2 saturated heterocycles. The molecule has 0 aliphatic carbocycles. The van der Waals surface area contributed by atoms with Crippen LogP contribution in [0.5, 0.6) is 0 Å². The van der Waals surface area contributed by atoms with Crippen LogP contribution in [0.15, 0.2) is 24.3 Å². The van der Waals surface area contributed by atoms with Gasteiger partial charge in [-0.15, -0.1) is 0 Å². The molecule has 0 saturated carbocycles. The molecule has 2 aliphatic rings. The number of anilines is 1. The second-order valence-electron chi connectivity index (χ2n) is 9.29. The predicted molar refractivity (Wildman–Crippen MR) is 133 cm³/mol. The highest BCUT2D eigenvalue weighted by atomic mass is 32.2. The van der Waals surface area contributed by atoms with Crippen molar-refractivity contribution >= 4 is 32.5 Å². The van der Waals surface area contributed by atoms with Gasteiger partial charge in [0.1, 0.15) is 16.4 Å². The molecule has 0 atom stereocenters. The molecule has 0 unspecified atom stereocenters. The largest absolute Gasteiger partial charge is 0.406 e. The molecule has 1 aromatic heterocycles. The van der Waals surface area contributed by atoms with Crippen LogP contribution in [-0.4, -0.2) is 92.3 Å². The van der Waals surface area contributed by atoms with Crippen molar-refractivity contribution in [1.82, 2.24) is 19.7 Å². The average Bonchev–Trinajstić information content (AvgIpc) is 3.15. The van der Waals surface area contributed by atoms with Crippen LogP contribution in [0.4, 0.5) is 23.7 Å². The van der Waals surface area contributed by atoms with E-state index in [2.05, 4.69) is 27.4 Å². The fraction of sp³-hybridized carbons (Fsp3) is 0.542. The number of carbonyl (C=O) groups excluding carboxylic acids is 1. The molecule has 196 valence electrons. The summed E-state index contributed by atoms with van der Waals surface area (Å²) in [6.45, 7) is 1.60. The molecule has 36 heavy (non-hydrogen) atoms. The fourth-order valence-corrected chi connectivity index (χ4v) is 5.99. The van der Waals surface area contributed by atoms with Crippen LogP contribution >= 0.6 is 0 Å². The van der Waals surface area contributed by atoms with Gasteiger partial charge in [-0.2, -0.15) is 13.2 Å². The summed E-state index contributed by atoms with van der Waals surface area (Å²) >= 11 is 0. The minimum absolute atomic E-state index is 0.0143. The van der Waals surface area contributed by atoms with Gasteiger partial charge >= 0.3 is 12.2 Å². The Bertz CT molecular complexity index is 1260. The minimum atomic E-state index is -4.45. The van der Waals surface area contributed by atoms with Gasteiger partial charge in [0.05, 0.1) is 29.3 Å². The fourth-order valence-electron chi connectivity index (χ4n) is 4.49. The first kappa shape index (κ1) is 26.2. The van der Waals surface area contributed by atoms with Crippen molar-refractivity contribution in [2.24, 2.45) is 0 Å². The van der Waals surface area contributed by atoms with E-state index in [0.717, 1.165) is 17.7 Å². The summed E-state index contributed by atoms with van der Waals surface area (Å²) in [5.41, 5.74) is 1.22. The van der Waals surface area contributed by atoms with Crippen molar-refractivity contribution in [1.29, 1.82) is 0 Å². The number of nitrogens with one attached hydrogen (secondary N) is 2. The molecule has 0 bridgehead atoms. The topological polar surface area (TPSA) is 86.7 Å². The summed E-state index contributed by atoms with van der Waals surface area (Å²) in [5, 5.41) is 6.61. The number of halogens is 3. The Balaban J connectivity index is 1.52. The van der Waals surface area contributed by atoms with E-state index < -0.39 is 22.6 Å². The van der Waals surface area contributed by atoms with Crippen LogP contribution in [-0.2, 0) is 16.4 Å². The van der Waals surface area contributed by atoms with Gasteiger partial charge in [-0.3, -0.25) is 0 Å². The summed E-state index contributed by atoms with van der Waals surface area (Å²) < 4.78 is 64.8. The van der Waals surface area contributed by atoms with Gasteiger partial charge in [-0.1, -0.05) is 12.0 Å². The van der Waals surface area contributed by atoms with Crippen LogP contribution in [0.25, 0.3) is 10.9 Å². The number of hydrogen-bond donors (Lipinski definition) is 2. The summed E-state index contributed by atoms with van der Waals surface area (Å²) in [6, 6.07) is 6.34. The number of carbonyl (C=O) groups is 1.